The summed E-state index contributed by atoms with van der Waals surface area (Å²) in [5.74, 6) is 3.32. The van der Waals surface area contributed by atoms with Gasteiger partial charge in [-0.15, -0.1) is 11.3 Å². The van der Waals surface area contributed by atoms with E-state index in [1.165, 1.54) is 4.88 Å². The van der Waals surface area contributed by atoms with Crippen LogP contribution in [0.1, 0.15) is 30.1 Å². The fourth-order valence-electron chi connectivity index (χ4n) is 1.76. The van der Waals surface area contributed by atoms with E-state index in [4.69, 9.17) is 0 Å². The molecule has 0 unspecified atom stereocenters. The number of thioether (sulfide) groups is 1. The van der Waals surface area contributed by atoms with E-state index < -0.39 is 0 Å². The van der Waals surface area contributed by atoms with Crippen LogP contribution in [0.3, 0.4) is 0 Å². The predicted molar refractivity (Wildman–Crippen MR) is 80.7 cm³/mol. The lowest BCUT2D eigenvalue weighted by molar-refractivity contribution is 0.750. The van der Waals surface area contributed by atoms with Crippen LogP contribution in [0, 0.1) is 19.8 Å². The molecular weight excluding hydrogens is 264 g/mol. The smallest absolute Gasteiger partial charge is 0.259 e. The van der Waals surface area contributed by atoms with Crippen molar-refractivity contribution in [3.8, 4) is 0 Å². The summed E-state index contributed by atoms with van der Waals surface area (Å²) in [5.41, 5.74) is 1.06. The minimum absolute atomic E-state index is 0.00185. The zero-order valence-electron chi connectivity index (χ0n) is 11.2. The van der Waals surface area contributed by atoms with Gasteiger partial charge in [-0.2, -0.15) is 11.8 Å². The van der Waals surface area contributed by atoms with E-state index in [0.29, 0.717) is 5.92 Å². The normalized spacial score (nSPS) is 11.6. The van der Waals surface area contributed by atoms with Crippen LogP contribution in [0.5, 0.6) is 0 Å². The largest absolute Gasteiger partial charge is 0.309 e. The molecule has 2 rings (SSSR count). The van der Waals surface area contributed by atoms with E-state index in [1.54, 1.807) is 11.3 Å². The first-order chi connectivity index (χ1) is 8.49. The molecule has 0 aromatic carbocycles. The van der Waals surface area contributed by atoms with Gasteiger partial charge in [-0.05, 0) is 31.1 Å². The Balaban J connectivity index is 2.29. The van der Waals surface area contributed by atoms with E-state index in [0.717, 1.165) is 33.1 Å². The second-order valence-electron chi connectivity index (χ2n) is 4.88. The molecule has 0 atom stereocenters. The maximum absolute atomic E-state index is 12.0. The van der Waals surface area contributed by atoms with Crippen molar-refractivity contribution in [2.45, 2.75) is 33.4 Å². The zero-order valence-corrected chi connectivity index (χ0v) is 12.8. The Hall–Kier alpha value is -0.810. The number of rotatable bonds is 4. The van der Waals surface area contributed by atoms with Crippen molar-refractivity contribution in [1.82, 2.24) is 9.97 Å². The molecular formula is C13H18N2OS2. The van der Waals surface area contributed by atoms with Crippen molar-refractivity contribution in [2.75, 3.05) is 5.75 Å². The number of aromatic amines is 1. The van der Waals surface area contributed by atoms with Crippen LogP contribution in [0.2, 0.25) is 0 Å². The van der Waals surface area contributed by atoms with Gasteiger partial charge in [-0.3, -0.25) is 4.79 Å². The number of thiophene rings is 1. The van der Waals surface area contributed by atoms with Crippen LogP contribution in [0.4, 0.5) is 0 Å². The van der Waals surface area contributed by atoms with Crippen LogP contribution in [0.25, 0.3) is 10.2 Å². The van der Waals surface area contributed by atoms with E-state index >= 15 is 0 Å². The Morgan fingerprint density at radius 2 is 2.11 bits per heavy atom. The maximum Gasteiger partial charge on any atom is 0.259 e. The van der Waals surface area contributed by atoms with E-state index in [9.17, 15) is 4.79 Å². The average molecular weight is 282 g/mol. The third-order valence-corrected chi connectivity index (χ3v) is 5.26. The summed E-state index contributed by atoms with van der Waals surface area (Å²) in [6.45, 7) is 8.41. The predicted octanol–water partition coefficient (Wildman–Crippen LogP) is 3.49. The highest BCUT2D eigenvalue weighted by atomic mass is 32.2. The molecule has 0 saturated heterocycles. The average Bonchev–Trinajstić information content (AvgIpc) is 2.54. The van der Waals surface area contributed by atoms with Crippen molar-refractivity contribution < 1.29 is 0 Å². The Kier molecular flexibility index (Phi) is 4.12. The quantitative estimate of drug-likeness (QED) is 0.933. The first-order valence-electron chi connectivity index (χ1n) is 6.05. The van der Waals surface area contributed by atoms with E-state index in [2.05, 4.69) is 23.8 Å². The summed E-state index contributed by atoms with van der Waals surface area (Å²) in [4.78, 5) is 21.5. The molecule has 0 bridgehead atoms. The zero-order chi connectivity index (χ0) is 13.3. The molecule has 0 amide bonds. The topological polar surface area (TPSA) is 45.8 Å². The van der Waals surface area contributed by atoms with Crippen LogP contribution >= 0.6 is 23.1 Å². The third kappa shape index (κ3) is 2.78. The number of hydrogen-bond donors (Lipinski definition) is 1. The van der Waals surface area contributed by atoms with Crippen LogP contribution in [0.15, 0.2) is 4.79 Å². The Morgan fingerprint density at radius 3 is 2.78 bits per heavy atom. The van der Waals surface area contributed by atoms with Gasteiger partial charge in [0.15, 0.2) is 0 Å². The lowest BCUT2D eigenvalue weighted by atomic mass is 10.2. The lowest BCUT2D eigenvalue weighted by Crippen LogP contribution is -2.11. The molecule has 0 aliphatic heterocycles. The summed E-state index contributed by atoms with van der Waals surface area (Å²) in [6.07, 6.45) is 0. The summed E-state index contributed by atoms with van der Waals surface area (Å²) in [6, 6.07) is 0. The van der Waals surface area contributed by atoms with Crippen LogP contribution in [-0.2, 0) is 5.75 Å². The monoisotopic (exact) mass is 282 g/mol. The fourth-order valence-corrected chi connectivity index (χ4v) is 3.73. The minimum Gasteiger partial charge on any atom is -0.309 e. The van der Waals surface area contributed by atoms with Crippen molar-refractivity contribution in [1.29, 1.82) is 0 Å². The van der Waals surface area contributed by atoms with Gasteiger partial charge in [0.1, 0.15) is 10.7 Å². The SMILES string of the molecule is Cc1sc2nc(CSCC(C)C)[nH]c(=O)c2c1C. The maximum atomic E-state index is 12.0. The minimum atomic E-state index is 0.00185. The number of nitrogens with zero attached hydrogens (tertiary/aromatic N) is 1. The molecule has 0 spiro atoms. The standard InChI is InChI=1S/C13H18N2OS2/c1-7(2)5-17-6-10-14-12(16)11-8(3)9(4)18-13(11)15-10/h7H,5-6H2,1-4H3,(H,14,15,16). The number of H-pyrrole nitrogens is 1. The Bertz CT molecular complexity index is 613. The molecule has 0 aliphatic rings. The number of aromatic nitrogens is 2. The molecule has 18 heavy (non-hydrogen) atoms. The molecule has 0 radical (unpaired) electrons. The van der Waals surface area contributed by atoms with Gasteiger partial charge in [0, 0.05) is 4.88 Å². The second kappa shape index (κ2) is 5.45. The van der Waals surface area contributed by atoms with Crippen LogP contribution in [-0.4, -0.2) is 15.7 Å². The molecule has 98 valence electrons. The number of fused-ring (bicyclic) bond motifs is 1. The molecule has 3 nitrogen and oxygen atoms in total. The molecule has 1 N–H and O–H groups in total. The van der Waals surface area contributed by atoms with Crippen molar-refractivity contribution in [3.05, 3.63) is 26.6 Å². The lowest BCUT2D eigenvalue weighted by Gasteiger charge is -2.04. The van der Waals surface area contributed by atoms with Gasteiger partial charge in [-0.25, -0.2) is 4.98 Å². The summed E-state index contributed by atoms with van der Waals surface area (Å²) < 4.78 is 0. The highest BCUT2D eigenvalue weighted by Crippen LogP contribution is 2.26. The fraction of sp³-hybridized carbons (Fsp3) is 0.538. The summed E-state index contributed by atoms with van der Waals surface area (Å²) in [7, 11) is 0. The number of nitrogens with one attached hydrogen (secondary N) is 1. The van der Waals surface area contributed by atoms with Gasteiger partial charge < -0.3 is 4.98 Å². The van der Waals surface area contributed by atoms with Gasteiger partial charge in [0.25, 0.3) is 5.56 Å². The highest BCUT2D eigenvalue weighted by molar-refractivity contribution is 7.98. The Labute approximate surface area is 115 Å². The number of aryl methyl sites for hydroxylation is 2. The first kappa shape index (κ1) is 13.6. The molecule has 5 heteroatoms. The van der Waals surface area contributed by atoms with Crippen LogP contribution < -0.4 is 5.56 Å². The van der Waals surface area contributed by atoms with Crippen molar-refractivity contribution in [2.24, 2.45) is 5.92 Å². The molecule has 2 aromatic heterocycles. The molecule has 2 heterocycles. The first-order valence-corrected chi connectivity index (χ1v) is 8.02. The van der Waals surface area contributed by atoms with E-state index in [1.807, 2.05) is 25.6 Å². The third-order valence-electron chi connectivity index (χ3n) is 2.78. The molecule has 0 aliphatic carbocycles. The number of hydrogen-bond acceptors (Lipinski definition) is 4. The highest BCUT2D eigenvalue weighted by Gasteiger charge is 2.11. The van der Waals surface area contributed by atoms with Gasteiger partial charge in [-0.1, -0.05) is 13.8 Å². The van der Waals surface area contributed by atoms with E-state index in [-0.39, 0.29) is 5.56 Å². The van der Waals surface area contributed by atoms with Crippen molar-refractivity contribution in [3.63, 3.8) is 0 Å². The van der Waals surface area contributed by atoms with Crippen molar-refractivity contribution >= 4 is 33.3 Å². The van der Waals surface area contributed by atoms with Gasteiger partial charge in [0.2, 0.25) is 0 Å². The van der Waals surface area contributed by atoms with Gasteiger partial charge >= 0.3 is 0 Å². The van der Waals surface area contributed by atoms with Gasteiger partial charge in [0.05, 0.1) is 11.1 Å². The summed E-state index contributed by atoms with van der Waals surface area (Å²) >= 11 is 3.42. The molecule has 0 saturated carbocycles. The Morgan fingerprint density at radius 1 is 1.39 bits per heavy atom. The summed E-state index contributed by atoms with van der Waals surface area (Å²) in [5, 5.41) is 0.759. The second-order valence-corrected chi connectivity index (χ2v) is 7.12. The molecule has 0 fully saturated rings. The molecule has 2 aromatic rings.